The first-order valence-corrected chi connectivity index (χ1v) is 13.2. The van der Waals surface area contributed by atoms with Crippen molar-refractivity contribution >= 4 is 29.5 Å². The van der Waals surface area contributed by atoms with Crippen LogP contribution < -0.4 is 5.32 Å². The lowest BCUT2D eigenvalue weighted by Gasteiger charge is -2.42. The van der Waals surface area contributed by atoms with E-state index in [-0.39, 0.29) is 30.7 Å². The van der Waals surface area contributed by atoms with Gasteiger partial charge in [0.1, 0.15) is 0 Å². The molecule has 2 atom stereocenters. The Morgan fingerprint density at radius 3 is 2.30 bits per heavy atom. The number of hydrogen-bond acceptors (Lipinski definition) is 5. The predicted octanol–water partition coefficient (Wildman–Crippen LogP) is 4.72. The topological polar surface area (TPSA) is 82.2 Å². The van der Waals surface area contributed by atoms with E-state index in [1.807, 2.05) is 11.8 Å². The van der Waals surface area contributed by atoms with Crippen LogP contribution in [-0.2, 0) is 15.7 Å². The fourth-order valence-corrected chi connectivity index (χ4v) is 5.09. The van der Waals surface area contributed by atoms with Crippen molar-refractivity contribution in [2.24, 2.45) is 0 Å². The quantitative estimate of drug-likeness (QED) is 0.502. The Kier molecular flexibility index (Phi) is 8.74. The molecule has 3 amide bonds. The van der Waals surface area contributed by atoms with E-state index < -0.39 is 29.8 Å². The molecule has 8 nitrogen and oxygen atoms in total. The number of esters is 1. The molecular weight excluding hydrogens is 549 g/mol. The fraction of sp³-hybridized carbons (Fsp3) is 0.393. The maximum atomic E-state index is 13.2. The van der Waals surface area contributed by atoms with Gasteiger partial charge in [-0.15, -0.1) is 0 Å². The van der Waals surface area contributed by atoms with E-state index in [4.69, 9.17) is 16.3 Å². The number of hydrogen-bond donors (Lipinski definition) is 1. The van der Waals surface area contributed by atoms with Crippen LogP contribution >= 0.6 is 11.6 Å². The summed E-state index contributed by atoms with van der Waals surface area (Å²) in [5.41, 5.74) is 0.548. The molecule has 2 aromatic rings. The van der Waals surface area contributed by atoms with Crippen LogP contribution in [0.5, 0.6) is 0 Å². The minimum atomic E-state index is -4.52. The predicted molar refractivity (Wildman–Crippen MR) is 143 cm³/mol. The van der Waals surface area contributed by atoms with E-state index in [0.29, 0.717) is 41.5 Å². The van der Waals surface area contributed by atoms with Crippen LogP contribution in [0, 0.1) is 0 Å². The number of urea groups is 1. The molecule has 4 rings (SSSR count). The van der Waals surface area contributed by atoms with E-state index in [1.54, 1.807) is 36.1 Å². The normalized spacial score (nSPS) is 20.4. The standard InChI is InChI=1S/C28H30ClF3N4O4/c1-4-40-26(38)23-22(34(3)27(39)33-24(23)18-5-9-20(10-6-18)28(30,31)32)16-35-13-14-36(17(2)15-35)25(37)19-7-11-21(29)12-8-19/h5-12,17,24H,4,13-16H2,1-3H3,(H,33,39)/t17-,24-/m1/s1. The number of halogens is 4. The third kappa shape index (κ3) is 6.26. The molecule has 0 aliphatic carbocycles. The lowest BCUT2D eigenvalue weighted by atomic mass is 9.93. The summed E-state index contributed by atoms with van der Waals surface area (Å²) in [7, 11) is 1.52. The molecule has 40 heavy (non-hydrogen) atoms. The molecular formula is C28H30ClF3N4O4. The lowest BCUT2D eigenvalue weighted by Crippen LogP contribution is -2.56. The van der Waals surface area contributed by atoms with Crippen molar-refractivity contribution in [1.29, 1.82) is 0 Å². The molecule has 0 spiro atoms. The highest BCUT2D eigenvalue weighted by Gasteiger charge is 2.39. The zero-order chi connectivity index (χ0) is 29.2. The summed E-state index contributed by atoms with van der Waals surface area (Å²) in [5.74, 6) is -0.786. The van der Waals surface area contributed by atoms with E-state index in [9.17, 15) is 27.6 Å². The van der Waals surface area contributed by atoms with Gasteiger partial charge in [-0.25, -0.2) is 9.59 Å². The molecule has 1 N–H and O–H groups in total. The molecule has 0 saturated carbocycles. The number of alkyl halides is 3. The fourth-order valence-electron chi connectivity index (χ4n) is 4.96. The average Bonchev–Trinajstić information content (AvgIpc) is 2.91. The second-order valence-corrected chi connectivity index (χ2v) is 10.2. The molecule has 0 radical (unpaired) electrons. The molecule has 0 unspecified atom stereocenters. The van der Waals surface area contributed by atoms with Gasteiger partial charge in [-0.1, -0.05) is 23.7 Å². The van der Waals surface area contributed by atoms with Crippen LogP contribution in [0.2, 0.25) is 5.02 Å². The maximum Gasteiger partial charge on any atom is 0.416 e. The molecule has 2 aliphatic heterocycles. The molecule has 2 aliphatic rings. The first-order valence-electron chi connectivity index (χ1n) is 12.8. The van der Waals surface area contributed by atoms with Gasteiger partial charge in [-0.05, 0) is 55.8 Å². The van der Waals surface area contributed by atoms with Gasteiger partial charge >= 0.3 is 18.2 Å². The van der Waals surface area contributed by atoms with Gasteiger partial charge in [0.25, 0.3) is 5.91 Å². The van der Waals surface area contributed by atoms with Crippen molar-refractivity contribution in [3.63, 3.8) is 0 Å². The van der Waals surface area contributed by atoms with Crippen LogP contribution in [0.25, 0.3) is 0 Å². The van der Waals surface area contributed by atoms with Gasteiger partial charge in [-0.2, -0.15) is 13.2 Å². The number of likely N-dealkylation sites (N-methyl/N-ethyl adjacent to an activating group) is 1. The number of amides is 3. The minimum Gasteiger partial charge on any atom is -0.463 e. The highest BCUT2D eigenvalue weighted by Crippen LogP contribution is 2.34. The van der Waals surface area contributed by atoms with Crippen LogP contribution in [0.4, 0.5) is 18.0 Å². The van der Waals surface area contributed by atoms with E-state index >= 15 is 0 Å². The summed E-state index contributed by atoms with van der Waals surface area (Å²) in [4.78, 5) is 44.3. The second kappa shape index (κ2) is 11.9. The number of ether oxygens (including phenoxy) is 1. The Hall–Kier alpha value is -3.57. The summed E-state index contributed by atoms with van der Waals surface area (Å²) in [6, 6.07) is 9.35. The zero-order valence-electron chi connectivity index (χ0n) is 22.3. The van der Waals surface area contributed by atoms with Crippen LogP contribution in [0.1, 0.15) is 41.4 Å². The van der Waals surface area contributed by atoms with E-state index in [2.05, 4.69) is 5.32 Å². The molecule has 214 valence electrons. The lowest BCUT2D eigenvalue weighted by molar-refractivity contribution is -0.139. The monoisotopic (exact) mass is 578 g/mol. The number of nitrogens with zero attached hydrogens (tertiary/aromatic N) is 3. The first kappa shape index (κ1) is 29.4. The van der Waals surface area contributed by atoms with Crippen molar-refractivity contribution in [2.45, 2.75) is 32.1 Å². The Labute approximate surface area is 235 Å². The molecule has 2 heterocycles. The molecule has 2 aromatic carbocycles. The van der Waals surface area contributed by atoms with Crippen molar-refractivity contribution in [1.82, 2.24) is 20.0 Å². The summed E-state index contributed by atoms with van der Waals surface area (Å²) < 4.78 is 44.7. The number of rotatable bonds is 6. The van der Waals surface area contributed by atoms with Gasteiger partial charge < -0.3 is 15.0 Å². The number of carbonyl (C=O) groups excluding carboxylic acids is 3. The maximum absolute atomic E-state index is 13.2. The van der Waals surface area contributed by atoms with Crippen molar-refractivity contribution < 1.29 is 32.3 Å². The van der Waals surface area contributed by atoms with Crippen LogP contribution in [-0.4, -0.2) is 78.5 Å². The third-order valence-electron chi connectivity index (χ3n) is 7.08. The average molecular weight is 579 g/mol. The van der Waals surface area contributed by atoms with Crippen LogP contribution in [0.3, 0.4) is 0 Å². The third-order valence-corrected chi connectivity index (χ3v) is 7.33. The first-order chi connectivity index (χ1) is 18.9. The summed E-state index contributed by atoms with van der Waals surface area (Å²) in [6.45, 7) is 5.21. The number of piperazine rings is 1. The Balaban J connectivity index is 1.60. The van der Waals surface area contributed by atoms with Gasteiger partial charge in [-0.3, -0.25) is 14.6 Å². The van der Waals surface area contributed by atoms with Gasteiger partial charge in [0.15, 0.2) is 0 Å². The summed E-state index contributed by atoms with van der Waals surface area (Å²) in [6.07, 6.45) is -4.52. The molecule has 1 saturated heterocycles. The minimum absolute atomic E-state index is 0.0789. The molecule has 12 heteroatoms. The number of carbonyl (C=O) groups is 3. The Morgan fingerprint density at radius 1 is 1.07 bits per heavy atom. The highest BCUT2D eigenvalue weighted by molar-refractivity contribution is 6.30. The smallest absolute Gasteiger partial charge is 0.416 e. The largest absolute Gasteiger partial charge is 0.463 e. The summed E-state index contributed by atoms with van der Waals surface area (Å²) in [5, 5.41) is 3.25. The molecule has 0 bridgehead atoms. The Morgan fingerprint density at radius 2 is 1.73 bits per heavy atom. The van der Waals surface area contributed by atoms with E-state index in [1.165, 1.54) is 24.1 Å². The van der Waals surface area contributed by atoms with Crippen LogP contribution in [0.15, 0.2) is 59.8 Å². The van der Waals surface area contributed by atoms with Gasteiger partial charge in [0.05, 0.1) is 23.8 Å². The molecule has 0 aromatic heterocycles. The number of benzene rings is 2. The van der Waals surface area contributed by atoms with E-state index in [0.717, 1.165) is 12.1 Å². The summed E-state index contributed by atoms with van der Waals surface area (Å²) >= 11 is 5.95. The highest BCUT2D eigenvalue weighted by atomic mass is 35.5. The van der Waals surface area contributed by atoms with Gasteiger partial charge in [0.2, 0.25) is 0 Å². The van der Waals surface area contributed by atoms with Crippen molar-refractivity contribution in [2.75, 3.05) is 39.8 Å². The van der Waals surface area contributed by atoms with Gasteiger partial charge in [0, 0.05) is 55.6 Å². The second-order valence-electron chi connectivity index (χ2n) is 9.73. The molecule has 1 fully saturated rings. The van der Waals surface area contributed by atoms with Crippen molar-refractivity contribution in [3.8, 4) is 0 Å². The zero-order valence-corrected chi connectivity index (χ0v) is 23.1. The number of nitrogens with one attached hydrogen (secondary N) is 1. The Bertz CT molecular complexity index is 1300. The SMILES string of the molecule is CCOC(=O)C1=C(CN2CCN(C(=O)c3ccc(Cl)cc3)[C@H](C)C2)N(C)C(=O)N[C@@H]1c1ccc(C(F)(F)F)cc1. The van der Waals surface area contributed by atoms with Crippen molar-refractivity contribution in [3.05, 3.63) is 81.5 Å².